The van der Waals surface area contributed by atoms with Crippen LogP contribution in [-0.2, 0) is 0 Å². The maximum absolute atomic E-state index is 12.0. The fraction of sp³-hybridized carbons (Fsp3) is 0.462. The number of nitrogens with one attached hydrogen (secondary N) is 1. The van der Waals surface area contributed by atoms with Gasteiger partial charge in [0.1, 0.15) is 5.75 Å². The second-order valence-electron chi connectivity index (χ2n) is 4.34. The molecule has 17 heavy (non-hydrogen) atoms. The third-order valence-electron chi connectivity index (χ3n) is 3.18. The quantitative estimate of drug-likeness (QED) is 0.867. The maximum atomic E-state index is 12.0. The first kappa shape index (κ1) is 12.3. The van der Waals surface area contributed by atoms with E-state index in [4.69, 9.17) is 0 Å². The largest absolute Gasteiger partial charge is 0.508 e. The van der Waals surface area contributed by atoms with Crippen LogP contribution in [-0.4, -0.2) is 28.6 Å². The molecule has 1 amide bonds. The molecule has 2 N–H and O–H groups in total. The monoisotopic (exact) mass is 251 g/mol. The van der Waals surface area contributed by atoms with Gasteiger partial charge in [-0.15, -0.1) is 0 Å². The van der Waals surface area contributed by atoms with E-state index in [0.29, 0.717) is 10.8 Å². The second kappa shape index (κ2) is 5.45. The van der Waals surface area contributed by atoms with Crippen molar-refractivity contribution in [2.45, 2.75) is 30.6 Å². The highest BCUT2D eigenvalue weighted by Crippen LogP contribution is 2.28. The Morgan fingerprint density at radius 2 is 2.29 bits per heavy atom. The first-order chi connectivity index (χ1) is 8.20. The molecule has 2 unspecified atom stereocenters. The Hall–Kier alpha value is -1.16. The molecule has 0 bridgehead atoms. The molecule has 1 saturated carbocycles. The molecule has 2 atom stereocenters. The summed E-state index contributed by atoms with van der Waals surface area (Å²) in [5, 5.41) is 12.9. The van der Waals surface area contributed by atoms with Crippen molar-refractivity contribution in [2.24, 2.45) is 0 Å². The highest BCUT2D eigenvalue weighted by molar-refractivity contribution is 7.99. The molecule has 4 heteroatoms. The van der Waals surface area contributed by atoms with Crippen LogP contribution in [0.15, 0.2) is 24.3 Å². The number of carbonyl (C=O) groups excluding carboxylic acids is 1. The van der Waals surface area contributed by atoms with Crippen LogP contribution in [0.5, 0.6) is 5.75 Å². The second-order valence-corrected chi connectivity index (χ2v) is 5.41. The van der Waals surface area contributed by atoms with Crippen LogP contribution in [0.1, 0.15) is 29.6 Å². The molecule has 0 heterocycles. The SMILES string of the molecule is CSC1CCCC1NC(=O)c1cccc(O)c1. The van der Waals surface area contributed by atoms with E-state index in [1.807, 2.05) is 11.8 Å². The van der Waals surface area contributed by atoms with Crippen LogP contribution in [0.25, 0.3) is 0 Å². The van der Waals surface area contributed by atoms with Gasteiger partial charge >= 0.3 is 0 Å². The molecule has 3 nitrogen and oxygen atoms in total. The molecular formula is C13H17NO2S. The number of phenolic OH excluding ortho intramolecular Hbond substituents is 1. The van der Waals surface area contributed by atoms with Crippen LogP contribution >= 0.6 is 11.8 Å². The zero-order chi connectivity index (χ0) is 12.3. The Morgan fingerprint density at radius 1 is 1.47 bits per heavy atom. The van der Waals surface area contributed by atoms with Crippen molar-refractivity contribution in [1.29, 1.82) is 0 Å². The normalized spacial score (nSPS) is 23.6. The number of hydrogen-bond acceptors (Lipinski definition) is 3. The third-order valence-corrected chi connectivity index (χ3v) is 4.35. The molecule has 0 radical (unpaired) electrons. The Morgan fingerprint density at radius 3 is 3.00 bits per heavy atom. The zero-order valence-electron chi connectivity index (χ0n) is 9.85. The summed E-state index contributed by atoms with van der Waals surface area (Å²) in [7, 11) is 0. The minimum atomic E-state index is -0.0909. The summed E-state index contributed by atoms with van der Waals surface area (Å²) in [4.78, 5) is 12.0. The number of hydrogen-bond donors (Lipinski definition) is 2. The average Bonchev–Trinajstić information content (AvgIpc) is 2.76. The minimum absolute atomic E-state index is 0.0909. The predicted octanol–water partition coefficient (Wildman–Crippen LogP) is 2.41. The number of carbonyl (C=O) groups is 1. The van der Waals surface area contributed by atoms with E-state index in [1.165, 1.54) is 18.9 Å². The summed E-state index contributed by atoms with van der Waals surface area (Å²) < 4.78 is 0. The molecule has 0 aliphatic heterocycles. The molecule has 0 saturated heterocycles. The molecule has 2 rings (SSSR count). The lowest BCUT2D eigenvalue weighted by Crippen LogP contribution is -2.38. The van der Waals surface area contributed by atoms with Crippen LogP contribution in [0.3, 0.4) is 0 Å². The van der Waals surface area contributed by atoms with Crippen molar-refractivity contribution in [3.63, 3.8) is 0 Å². The van der Waals surface area contributed by atoms with Crippen molar-refractivity contribution in [1.82, 2.24) is 5.32 Å². The fourth-order valence-corrected chi connectivity index (χ4v) is 3.21. The zero-order valence-corrected chi connectivity index (χ0v) is 10.7. The summed E-state index contributed by atoms with van der Waals surface area (Å²) in [5.74, 6) is 0.0392. The van der Waals surface area contributed by atoms with E-state index < -0.39 is 0 Å². The van der Waals surface area contributed by atoms with Crippen molar-refractivity contribution < 1.29 is 9.90 Å². The molecule has 0 spiro atoms. The van der Waals surface area contributed by atoms with Crippen LogP contribution in [0.2, 0.25) is 0 Å². The molecule has 1 aliphatic rings. The smallest absolute Gasteiger partial charge is 0.251 e. The van der Waals surface area contributed by atoms with Crippen LogP contribution in [0, 0.1) is 0 Å². The first-order valence-corrected chi connectivity index (χ1v) is 7.12. The van der Waals surface area contributed by atoms with E-state index in [1.54, 1.807) is 18.2 Å². The third kappa shape index (κ3) is 2.94. The molecule has 1 aromatic rings. The van der Waals surface area contributed by atoms with E-state index in [0.717, 1.165) is 6.42 Å². The number of aromatic hydroxyl groups is 1. The fourth-order valence-electron chi connectivity index (χ4n) is 2.27. The number of benzene rings is 1. The van der Waals surface area contributed by atoms with Crippen LogP contribution in [0.4, 0.5) is 0 Å². The lowest BCUT2D eigenvalue weighted by atomic mass is 10.1. The molecule has 1 aromatic carbocycles. The number of thioether (sulfide) groups is 1. The van der Waals surface area contributed by atoms with Gasteiger partial charge in [-0.3, -0.25) is 4.79 Å². The number of amides is 1. The maximum Gasteiger partial charge on any atom is 0.251 e. The summed E-state index contributed by atoms with van der Waals surface area (Å²) in [5.41, 5.74) is 0.525. The minimum Gasteiger partial charge on any atom is -0.508 e. The van der Waals surface area contributed by atoms with Crippen molar-refractivity contribution in [3.8, 4) is 5.75 Å². The Kier molecular flexibility index (Phi) is 3.94. The van der Waals surface area contributed by atoms with E-state index >= 15 is 0 Å². The number of phenols is 1. The van der Waals surface area contributed by atoms with Gasteiger partial charge in [-0.05, 0) is 37.3 Å². The standard InChI is InChI=1S/C13H17NO2S/c1-17-12-7-3-6-11(12)14-13(16)9-4-2-5-10(15)8-9/h2,4-5,8,11-12,15H,3,6-7H2,1H3,(H,14,16). The van der Waals surface area contributed by atoms with Gasteiger partial charge in [0.05, 0.1) is 0 Å². The van der Waals surface area contributed by atoms with Gasteiger partial charge in [0, 0.05) is 16.9 Å². The van der Waals surface area contributed by atoms with Gasteiger partial charge in [0.2, 0.25) is 0 Å². The Labute approximate surface area is 106 Å². The first-order valence-electron chi connectivity index (χ1n) is 5.83. The molecule has 1 fully saturated rings. The van der Waals surface area contributed by atoms with Crippen LogP contribution < -0.4 is 5.32 Å². The highest BCUT2D eigenvalue weighted by atomic mass is 32.2. The van der Waals surface area contributed by atoms with Gasteiger partial charge in [-0.1, -0.05) is 12.5 Å². The molecule has 1 aliphatic carbocycles. The summed E-state index contributed by atoms with van der Waals surface area (Å²) >= 11 is 1.82. The topological polar surface area (TPSA) is 49.3 Å². The van der Waals surface area contributed by atoms with Gasteiger partial charge in [0.15, 0.2) is 0 Å². The Bertz CT molecular complexity index is 408. The van der Waals surface area contributed by atoms with Crippen molar-refractivity contribution in [3.05, 3.63) is 29.8 Å². The Balaban J connectivity index is 2.01. The van der Waals surface area contributed by atoms with Gasteiger partial charge < -0.3 is 10.4 Å². The van der Waals surface area contributed by atoms with Gasteiger partial charge in [-0.25, -0.2) is 0 Å². The van der Waals surface area contributed by atoms with E-state index in [9.17, 15) is 9.90 Å². The number of rotatable bonds is 3. The lowest BCUT2D eigenvalue weighted by Gasteiger charge is -2.19. The van der Waals surface area contributed by atoms with E-state index in [2.05, 4.69) is 11.6 Å². The van der Waals surface area contributed by atoms with Gasteiger partial charge in [-0.2, -0.15) is 11.8 Å². The summed E-state index contributed by atoms with van der Waals surface area (Å²) in [6.07, 6.45) is 5.49. The van der Waals surface area contributed by atoms with Gasteiger partial charge in [0.25, 0.3) is 5.91 Å². The predicted molar refractivity (Wildman–Crippen MR) is 70.5 cm³/mol. The summed E-state index contributed by atoms with van der Waals surface area (Å²) in [6.45, 7) is 0. The highest BCUT2D eigenvalue weighted by Gasteiger charge is 2.27. The molecular weight excluding hydrogens is 234 g/mol. The van der Waals surface area contributed by atoms with Crippen molar-refractivity contribution in [2.75, 3.05) is 6.26 Å². The lowest BCUT2D eigenvalue weighted by molar-refractivity contribution is 0.0938. The molecule has 92 valence electrons. The summed E-state index contributed by atoms with van der Waals surface area (Å²) in [6, 6.07) is 6.73. The average molecular weight is 251 g/mol. The van der Waals surface area contributed by atoms with Crippen molar-refractivity contribution >= 4 is 17.7 Å². The molecule has 0 aromatic heterocycles. The van der Waals surface area contributed by atoms with E-state index in [-0.39, 0.29) is 17.7 Å².